The molecule has 0 bridgehead atoms. The molecule has 0 aliphatic carbocycles. The van der Waals surface area contributed by atoms with Crippen LogP contribution in [0.5, 0.6) is 0 Å². The molecule has 108 valence electrons. The number of anilines is 1. The van der Waals surface area contributed by atoms with Crippen LogP contribution in [0.1, 0.15) is 37.3 Å². The molecule has 0 amide bonds. The zero-order chi connectivity index (χ0) is 13.8. The molecule has 1 N–H and O–H groups in total. The highest BCUT2D eigenvalue weighted by atomic mass is 32.1. The molecule has 1 aromatic rings. The first kappa shape index (κ1) is 14.8. The van der Waals surface area contributed by atoms with Crippen LogP contribution >= 0.6 is 11.3 Å². The molecule has 0 saturated carbocycles. The smallest absolute Gasteiger partial charge is 0.186 e. The van der Waals surface area contributed by atoms with E-state index in [0.29, 0.717) is 6.04 Å². The second-order valence-corrected chi connectivity index (χ2v) is 6.31. The van der Waals surface area contributed by atoms with E-state index in [-0.39, 0.29) is 6.61 Å². The highest BCUT2D eigenvalue weighted by Gasteiger charge is 2.25. The van der Waals surface area contributed by atoms with Crippen molar-refractivity contribution >= 4 is 16.5 Å². The number of aliphatic hydroxyl groups excluding tert-OH is 1. The number of aliphatic hydroxyl groups is 1. The van der Waals surface area contributed by atoms with Gasteiger partial charge in [0.1, 0.15) is 0 Å². The molecule has 1 aromatic heterocycles. The number of rotatable bonds is 4. The van der Waals surface area contributed by atoms with E-state index in [2.05, 4.69) is 30.7 Å². The largest absolute Gasteiger partial charge is 0.391 e. The van der Waals surface area contributed by atoms with Crippen LogP contribution in [0.15, 0.2) is 0 Å². The van der Waals surface area contributed by atoms with Crippen molar-refractivity contribution in [2.24, 2.45) is 0 Å². The molecule has 1 atom stereocenters. The molecule has 1 aliphatic heterocycles. The first-order chi connectivity index (χ1) is 9.19. The van der Waals surface area contributed by atoms with Gasteiger partial charge in [-0.05, 0) is 32.9 Å². The van der Waals surface area contributed by atoms with Crippen molar-refractivity contribution in [2.75, 3.05) is 31.6 Å². The summed E-state index contributed by atoms with van der Waals surface area (Å²) in [5.41, 5.74) is 1.06. The average molecular weight is 283 g/mol. The Morgan fingerprint density at radius 2 is 2.16 bits per heavy atom. The summed E-state index contributed by atoms with van der Waals surface area (Å²) in [6.07, 6.45) is 3.22. The highest BCUT2D eigenvalue weighted by Crippen LogP contribution is 2.30. The van der Waals surface area contributed by atoms with E-state index in [0.717, 1.165) is 48.2 Å². The lowest BCUT2D eigenvalue weighted by molar-refractivity contribution is 0.284. The second kappa shape index (κ2) is 6.68. The van der Waals surface area contributed by atoms with Crippen LogP contribution < -0.4 is 4.90 Å². The summed E-state index contributed by atoms with van der Waals surface area (Å²) in [6, 6.07) is 0.537. The van der Waals surface area contributed by atoms with Crippen LogP contribution in [-0.2, 0) is 13.0 Å². The zero-order valence-electron chi connectivity index (χ0n) is 12.2. The van der Waals surface area contributed by atoms with Crippen molar-refractivity contribution in [1.29, 1.82) is 0 Å². The molecular weight excluding hydrogens is 258 g/mol. The van der Waals surface area contributed by atoms with Crippen LogP contribution in [-0.4, -0.2) is 47.7 Å². The van der Waals surface area contributed by atoms with E-state index >= 15 is 0 Å². The molecule has 1 fully saturated rings. The molecule has 0 spiro atoms. The van der Waals surface area contributed by atoms with Crippen LogP contribution in [0, 0.1) is 0 Å². The van der Waals surface area contributed by atoms with Gasteiger partial charge in [0.25, 0.3) is 0 Å². The monoisotopic (exact) mass is 283 g/mol. The summed E-state index contributed by atoms with van der Waals surface area (Å²) in [4.78, 5) is 10.6. The Morgan fingerprint density at radius 1 is 1.37 bits per heavy atom. The molecule has 4 nitrogen and oxygen atoms in total. The third-order valence-electron chi connectivity index (χ3n) is 3.86. The fraction of sp³-hybridized carbons (Fsp3) is 0.786. The van der Waals surface area contributed by atoms with Gasteiger partial charge in [-0.1, -0.05) is 25.2 Å². The van der Waals surface area contributed by atoms with E-state index in [9.17, 15) is 5.11 Å². The summed E-state index contributed by atoms with van der Waals surface area (Å²) < 4.78 is 0. The Bertz CT molecular complexity index is 386. The third-order valence-corrected chi connectivity index (χ3v) is 4.98. The summed E-state index contributed by atoms with van der Waals surface area (Å²) in [7, 11) is 2.20. The lowest BCUT2D eigenvalue weighted by atomic mass is 10.2. The maximum absolute atomic E-state index is 9.43. The topological polar surface area (TPSA) is 39.6 Å². The molecule has 1 unspecified atom stereocenters. The van der Waals surface area contributed by atoms with Gasteiger partial charge in [0.05, 0.1) is 17.2 Å². The molecule has 19 heavy (non-hydrogen) atoms. The van der Waals surface area contributed by atoms with E-state index in [1.165, 1.54) is 6.42 Å². The molecule has 2 heterocycles. The van der Waals surface area contributed by atoms with Crippen molar-refractivity contribution < 1.29 is 5.11 Å². The summed E-state index contributed by atoms with van der Waals surface area (Å²) >= 11 is 1.67. The lowest BCUT2D eigenvalue weighted by Crippen LogP contribution is -2.39. The van der Waals surface area contributed by atoms with Gasteiger partial charge in [-0.3, -0.25) is 0 Å². The van der Waals surface area contributed by atoms with E-state index in [1.54, 1.807) is 11.3 Å². The Labute approximate surface area is 120 Å². The van der Waals surface area contributed by atoms with Gasteiger partial charge in [-0.25, -0.2) is 4.98 Å². The molecule has 1 saturated heterocycles. The van der Waals surface area contributed by atoms with E-state index in [1.807, 2.05) is 0 Å². The number of nitrogens with zero attached hydrogens (tertiary/aromatic N) is 3. The zero-order valence-corrected chi connectivity index (χ0v) is 13.0. The van der Waals surface area contributed by atoms with Gasteiger partial charge in [-0.2, -0.15) is 0 Å². The number of hydrogen-bond donors (Lipinski definition) is 1. The van der Waals surface area contributed by atoms with E-state index in [4.69, 9.17) is 4.98 Å². The maximum atomic E-state index is 9.43. The third kappa shape index (κ3) is 3.27. The second-order valence-electron chi connectivity index (χ2n) is 5.25. The Balaban J connectivity index is 2.24. The predicted octanol–water partition coefficient (Wildman–Crippen LogP) is 2.12. The van der Waals surface area contributed by atoms with E-state index < -0.39 is 0 Å². The number of thiazole rings is 1. The lowest BCUT2D eigenvalue weighted by Gasteiger charge is -2.29. The number of likely N-dealkylation sites (N-methyl/N-ethyl adjacent to an activating group) is 1. The summed E-state index contributed by atoms with van der Waals surface area (Å²) in [5, 5.41) is 10.5. The fourth-order valence-corrected chi connectivity index (χ4v) is 3.84. The number of hydrogen-bond acceptors (Lipinski definition) is 5. The minimum Gasteiger partial charge on any atom is -0.391 e. The van der Waals surface area contributed by atoms with Crippen LogP contribution in [0.25, 0.3) is 0 Å². The molecular formula is C14H25N3OS. The molecule has 1 aliphatic rings. The molecule has 0 radical (unpaired) electrons. The first-order valence-electron chi connectivity index (χ1n) is 7.24. The van der Waals surface area contributed by atoms with Crippen molar-refractivity contribution in [3.63, 3.8) is 0 Å². The van der Waals surface area contributed by atoms with Crippen molar-refractivity contribution in [1.82, 2.24) is 9.88 Å². The van der Waals surface area contributed by atoms with Gasteiger partial charge < -0.3 is 14.9 Å². The standard InChI is InChI=1S/C14H25N3OS/c1-4-11-9-16(3)7-6-8-17(11)14-15-12(5-2)13(10-18)19-14/h11,18H,4-10H2,1-3H3. The van der Waals surface area contributed by atoms with Gasteiger partial charge in [0, 0.05) is 19.1 Å². The Morgan fingerprint density at radius 3 is 2.74 bits per heavy atom. The predicted molar refractivity (Wildman–Crippen MR) is 81.0 cm³/mol. The number of aromatic nitrogens is 1. The van der Waals surface area contributed by atoms with Crippen LogP contribution in [0.4, 0.5) is 5.13 Å². The summed E-state index contributed by atoms with van der Waals surface area (Å²) in [6.45, 7) is 7.80. The van der Waals surface area contributed by atoms with Crippen molar-refractivity contribution in [2.45, 2.75) is 45.8 Å². The van der Waals surface area contributed by atoms with Gasteiger partial charge in [0.15, 0.2) is 5.13 Å². The van der Waals surface area contributed by atoms with Crippen molar-refractivity contribution in [3.05, 3.63) is 10.6 Å². The first-order valence-corrected chi connectivity index (χ1v) is 8.05. The van der Waals surface area contributed by atoms with Crippen molar-refractivity contribution in [3.8, 4) is 0 Å². The number of aryl methyl sites for hydroxylation is 1. The average Bonchev–Trinajstić information content (AvgIpc) is 2.75. The van der Waals surface area contributed by atoms with Gasteiger partial charge in [-0.15, -0.1) is 0 Å². The maximum Gasteiger partial charge on any atom is 0.186 e. The Kier molecular flexibility index (Phi) is 5.19. The summed E-state index contributed by atoms with van der Waals surface area (Å²) in [5.74, 6) is 0. The van der Waals surface area contributed by atoms with Crippen LogP contribution in [0.3, 0.4) is 0 Å². The SMILES string of the molecule is CCc1nc(N2CCCN(C)CC2CC)sc1CO. The normalized spacial score (nSPS) is 21.7. The van der Waals surface area contributed by atoms with Gasteiger partial charge in [0.2, 0.25) is 0 Å². The molecule has 0 aromatic carbocycles. The highest BCUT2D eigenvalue weighted by molar-refractivity contribution is 7.15. The quantitative estimate of drug-likeness (QED) is 0.919. The molecule has 5 heteroatoms. The van der Waals surface area contributed by atoms with Crippen LogP contribution in [0.2, 0.25) is 0 Å². The minimum absolute atomic E-state index is 0.116. The van der Waals surface area contributed by atoms with Gasteiger partial charge >= 0.3 is 0 Å². The minimum atomic E-state index is 0.116. The molecule has 2 rings (SSSR count). The Hall–Kier alpha value is -0.650. The fourth-order valence-electron chi connectivity index (χ4n) is 2.74.